The minimum atomic E-state index is -0.586. The molecule has 1 amide bonds. The maximum Gasteiger partial charge on any atom is 0.337 e. The van der Waals surface area contributed by atoms with E-state index in [1.165, 1.54) is 25.3 Å². The van der Waals surface area contributed by atoms with Gasteiger partial charge in [-0.2, -0.15) is 5.26 Å². The van der Waals surface area contributed by atoms with Crippen molar-refractivity contribution in [2.45, 2.75) is 20.0 Å². The minimum absolute atomic E-state index is 0.0995. The zero-order chi connectivity index (χ0) is 27.5. The van der Waals surface area contributed by atoms with E-state index in [0.29, 0.717) is 47.9 Å². The van der Waals surface area contributed by atoms with Crippen LogP contribution in [0.25, 0.3) is 6.08 Å². The second-order valence-corrected chi connectivity index (χ2v) is 8.96. The number of nitriles is 1. The molecule has 0 radical (unpaired) electrons. The molecule has 0 atom stereocenters. The Bertz CT molecular complexity index is 1370. The van der Waals surface area contributed by atoms with E-state index in [-0.39, 0.29) is 5.57 Å². The SMILES string of the molecule is C=CCc1cc(/C=C(\C#N)C(=O)Nc2ccc(C(=O)OC)cc2)cc(OCC)c1OCc1ccc(Br)cc1. The summed E-state index contributed by atoms with van der Waals surface area (Å²) in [6.45, 7) is 6.46. The summed E-state index contributed by atoms with van der Waals surface area (Å²) in [5, 5.41) is 12.4. The second-order valence-electron chi connectivity index (χ2n) is 8.04. The zero-order valence-corrected chi connectivity index (χ0v) is 22.7. The van der Waals surface area contributed by atoms with E-state index in [4.69, 9.17) is 9.47 Å². The minimum Gasteiger partial charge on any atom is -0.490 e. The van der Waals surface area contributed by atoms with E-state index in [1.807, 2.05) is 43.3 Å². The lowest BCUT2D eigenvalue weighted by Crippen LogP contribution is -2.13. The predicted molar refractivity (Wildman–Crippen MR) is 150 cm³/mol. The molecule has 0 saturated heterocycles. The van der Waals surface area contributed by atoms with Gasteiger partial charge in [-0.3, -0.25) is 4.79 Å². The number of nitrogens with one attached hydrogen (secondary N) is 1. The van der Waals surface area contributed by atoms with Crippen LogP contribution in [-0.2, 0) is 22.6 Å². The summed E-state index contributed by atoms with van der Waals surface area (Å²) in [4.78, 5) is 24.4. The number of hydrogen-bond acceptors (Lipinski definition) is 6. The van der Waals surface area contributed by atoms with E-state index in [9.17, 15) is 14.9 Å². The Balaban J connectivity index is 1.88. The van der Waals surface area contributed by atoms with Gasteiger partial charge in [0.25, 0.3) is 5.91 Å². The maximum atomic E-state index is 12.8. The van der Waals surface area contributed by atoms with Crippen molar-refractivity contribution < 1.29 is 23.8 Å². The molecule has 8 heteroatoms. The van der Waals surface area contributed by atoms with E-state index in [1.54, 1.807) is 24.3 Å². The summed E-state index contributed by atoms with van der Waals surface area (Å²) < 4.78 is 17.7. The zero-order valence-electron chi connectivity index (χ0n) is 21.1. The number of allylic oxidation sites excluding steroid dienone is 1. The molecule has 0 aromatic heterocycles. The van der Waals surface area contributed by atoms with E-state index < -0.39 is 11.9 Å². The Morgan fingerprint density at radius 3 is 2.39 bits per heavy atom. The number of nitrogens with zero attached hydrogens (tertiary/aromatic N) is 1. The molecule has 0 aliphatic carbocycles. The van der Waals surface area contributed by atoms with Crippen molar-refractivity contribution in [3.05, 3.63) is 106 Å². The summed E-state index contributed by atoms with van der Waals surface area (Å²) in [5.74, 6) is 0.0223. The first-order valence-electron chi connectivity index (χ1n) is 11.8. The quantitative estimate of drug-likeness (QED) is 0.122. The van der Waals surface area contributed by atoms with Gasteiger partial charge in [0.2, 0.25) is 0 Å². The lowest BCUT2D eigenvalue weighted by Gasteiger charge is -2.17. The molecule has 7 nitrogen and oxygen atoms in total. The molecule has 0 aliphatic rings. The lowest BCUT2D eigenvalue weighted by molar-refractivity contribution is -0.112. The highest BCUT2D eigenvalue weighted by Crippen LogP contribution is 2.35. The number of benzene rings is 3. The average molecular weight is 575 g/mol. The molecule has 0 saturated carbocycles. The molecule has 0 aliphatic heterocycles. The highest BCUT2D eigenvalue weighted by molar-refractivity contribution is 9.10. The molecule has 1 N–H and O–H groups in total. The third kappa shape index (κ3) is 7.58. The topological polar surface area (TPSA) is 97.7 Å². The van der Waals surface area contributed by atoms with Gasteiger partial charge in [0.1, 0.15) is 18.2 Å². The van der Waals surface area contributed by atoms with Gasteiger partial charge in [-0.05, 0) is 79.1 Å². The first-order chi connectivity index (χ1) is 18.4. The van der Waals surface area contributed by atoms with Gasteiger partial charge in [-0.1, -0.05) is 34.1 Å². The number of anilines is 1. The molecule has 3 aromatic rings. The van der Waals surface area contributed by atoms with Gasteiger partial charge < -0.3 is 19.5 Å². The molecule has 0 fully saturated rings. The molecule has 0 heterocycles. The third-order valence-corrected chi connectivity index (χ3v) is 5.88. The number of halogens is 1. The van der Waals surface area contributed by atoms with Crippen LogP contribution < -0.4 is 14.8 Å². The maximum absolute atomic E-state index is 12.8. The molecule has 3 rings (SSSR count). The summed E-state index contributed by atoms with van der Waals surface area (Å²) >= 11 is 3.43. The number of esters is 1. The van der Waals surface area contributed by atoms with Crippen molar-refractivity contribution in [1.82, 2.24) is 0 Å². The predicted octanol–water partition coefficient (Wildman–Crippen LogP) is 6.49. The number of carbonyl (C=O) groups excluding carboxylic acids is 2. The van der Waals surface area contributed by atoms with Crippen molar-refractivity contribution in [2.75, 3.05) is 19.0 Å². The largest absolute Gasteiger partial charge is 0.490 e. The number of amides is 1. The van der Waals surface area contributed by atoms with Gasteiger partial charge in [-0.15, -0.1) is 6.58 Å². The fraction of sp³-hybridized carbons (Fsp3) is 0.167. The molecular weight excluding hydrogens is 548 g/mol. The Labute approximate surface area is 230 Å². The van der Waals surface area contributed by atoms with Crippen molar-refractivity contribution >= 4 is 39.6 Å². The molecule has 0 unspecified atom stereocenters. The highest BCUT2D eigenvalue weighted by Gasteiger charge is 2.16. The molecule has 0 bridgehead atoms. The van der Waals surface area contributed by atoms with Gasteiger partial charge in [0, 0.05) is 15.7 Å². The van der Waals surface area contributed by atoms with Crippen LogP contribution in [0.5, 0.6) is 11.5 Å². The van der Waals surface area contributed by atoms with Crippen LogP contribution in [0.1, 0.15) is 34.0 Å². The average Bonchev–Trinajstić information content (AvgIpc) is 2.92. The Morgan fingerprint density at radius 1 is 1.08 bits per heavy atom. The summed E-state index contributed by atoms with van der Waals surface area (Å²) in [7, 11) is 1.29. The smallest absolute Gasteiger partial charge is 0.337 e. The number of carbonyl (C=O) groups is 2. The number of ether oxygens (including phenoxy) is 3. The van der Waals surface area contributed by atoms with Crippen molar-refractivity contribution in [1.29, 1.82) is 5.26 Å². The van der Waals surface area contributed by atoms with Gasteiger partial charge >= 0.3 is 5.97 Å². The van der Waals surface area contributed by atoms with Gasteiger partial charge in [0.05, 0.1) is 19.3 Å². The van der Waals surface area contributed by atoms with Crippen LogP contribution in [0.4, 0.5) is 5.69 Å². The van der Waals surface area contributed by atoms with Crippen LogP contribution in [0, 0.1) is 11.3 Å². The fourth-order valence-electron chi connectivity index (χ4n) is 3.56. The number of methoxy groups -OCH3 is 1. The Kier molecular flexibility index (Phi) is 10.3. The van der Waals surface area contributed by atoms with Crippen LogP contribution in [0.3, 0.4) is 0 Å². The van der Waals surface area contributed by atoms with Gasteiger partial charge in [-0.25, -0.2) is 4.79 Å². The van der Waals surface area contributed by atoms with Crippen LogP contribution in [-0.4, -0.2) is 25.6 Å². The number of hydrogen-bond donors (Lipinski definition) is 1. The summed E-state index contributed by atoms with van der Waals surface area (Å²) in [6, 6.07) is 19.5. The van der Waals surface area contributed by atoms with E-state index >= 15 is 0 Å². The normalized spacial score (nSPS) is 10.7. The molecular formula is C30H27BrN2O5. The van der Waals surface area contributed by atoms with Crippen LogP contribution >= 0.6 is 15.9 Å². The van der Waals surface area contributed by atoms with Gasteiger partial charge in [0.15, 0.2) is 11.5 Å². The Morgan fingerprint density at radius 2 is 1.79 bits per heavy atom. The summed E-state index contributed by atoms with van der Waals surface area (Å²) in [5.41, 5.74) is 3.09. The molecule has 38 heavy (non-hydrogen) atoms. The first-order valence-corrected chi connectivity index (χ1v) is 12.6. The van der Waals surface area contributed by atoms with E-state index in [2.05, 4.69) is 32.6 Å². The van der Waals surface area contributed by atoms with E-state index in [0.717, 1.165) is 15.6 Å². The molecule has 0 spiro atoms. The fourth-order valence-corrected chi connectivity index (χ4v) is 3.82. The van der Waals surface area contributed by atoms with Crippen molar-refractivity contribution in [3.63, 3.8) is 0 Å². The number of rotatable bonds is 11. The van der Waals surface area contributed by atoms with Crippen LogP contribution in [0.2, 0.25) is 0 Å². The second kappa shape index (κ2) is 13.8. The van der Waals surface area contributed by atoms with Crippen LogP contribution in [0.15, 0.2) is 83.4 Å². The molecule has 194 valence electrons. The molecule has 3 aromatic carbocycles. The van der Waals surface area contributed by atoms with Crippen molar-refractivity contribution in [2.24, 2.45) is 0 Å². The lowest BCUT2D eigenvalue weighted by atomic mass is 10.0. The highest BCUT2D eigenvalue weighted by atomic mass is 79.9. The third-order valence-electron chi connectivity index (χ3n) is 5.35. The monoisotopic (exact) mass is 574 g/mol. The first kappa shape index (κ1) is 28.2. The standard InChI is InChI=1S/C30H27BrN2O5/c1-4-6-23-15-21(17-27(37-5-2)28(23)38-19-20-7-11-25(31)12-8-20)16-24(18-32)29(34)33-26-13-9-22(10-14-26)30(35)36-3/h4,7-17H,1,5-6,19H2,2-3H3,(H,33,34)/b24-16+. The summed E-state index contributed by atoms with van der Waals surface area (Å²) in [6.07, 6.45) is 3.74. The Hall–Kier alpha value is -4.35. The van der Waals surface area contributed by atoms with Crippen molar-refractivity contribution in [3.8, 4) is 17.6 Å².